The highest BCUT2D eigenvalue weighted by Gasteiger charge is 2.50. The molecule has 21 heavy (non-hydrogen) atoms. The number of ether oxygens (including phenoxy) is 1. The second-order valence-corrected chi connectivity index (χ2v) is 7.35. The zero-order chi connectivity index (χ0) is 15.3. The van der Waals surface area contributed by atoms with Crippen molar-refractivity contribution in [3.63, 3.8) is 0 Å². The third-order valence-electron chi connectivity index (χ3n) is 4.34. The van der Waals surface area contributed by atoms with Crippen LogP contribution in [0.4, 0.5) is 0 Å². The third-order valence-corrected chi connectivity index (χ3v) is 4.34. The van der Waals surface area contributed by atoms with Crippen molar-refractivity contribution in [2.75, 3.05) is 13.1 Å². The molecule has 1 aliphatic heterocycles. The molecular formula is C17H24N2O2. The van der Waals surface area contributed by atoms with Gasteiger partial charge in [0.05, 0.1) is 18.6 Å². The first-order chi connectivity index (χ1) is 9.79. The topological polar surface area (TPSA) is 55.6 Å². The maximum atomic E-state index is 12.1. The lowest BCUT2D eigenvalue weighted by molar-refractivity contribution is -0.142. The average Bonchev–Trinajstić information content (AvgIpc) is 3.11. The van der Waals surface area contributed by atoms with E-state index in [1.165, 1.54) is 5.56 Å². The Hall–Kier alpha value is -1.55. The fraction of sp³-hybridized carbons (Fsp3) is 0.588. The van der Waals surface area contributed by atoms with Gasteiger partial charge < -0.3 is 15.4 Å². The number of nitrogens with zero attached hydrogens (tertiary/aromatic N) is 1. The Morgan fingerprint density at radius 2 is 1.90 bits per heavy atom. The van der Waals surface area contributed by atoms with Crippen LogP contribution in [0.25, 0.3) is 0 Å². The highest BCUT2D eigenvalue weighted by atomic mass is 16.5. The smallest absolute Gasteiger partial charge is 0.242 e. The predicted octanol–water partition coefficient (Wildman–Crippen LogP) is 2.06. The number of benzene rings is 1. The van der Waals surface area contributed by atoms with Gasteiger partial charge in [0, 0.05) is 0 Å². The Morgan fingerprint density at radius 3 is 2.48 bits per heavy atom. The maximum absolute atomic E-state index is 12.1. The molecule has 0 unspecified atom stereocenters. The van der Waals surface area contributed by atoms with E-state index in [9.17, 15) is 4.79 Å². The number of nitrogens with two attached hydrogens (primary N) is 1. The molecule has 1 heterocycles. The fourth-order valence-corrected chi connectivity index (χ4v) is 2.71. The molecule has 1 saturated heterocycles. The van der Waals surface area contributed by atoms with Gasteiger partial charge in [-0.05, 0) is 29.9 Å². The summed E-state index contributed by atoms with van der Waals surface area (Å²) in [6.45, 7) is 7.83. The number of likely N-dealkylation sites (tertiary alicyclic amines) is 1. The summed E-state index contributed by atoms with van der Waals surface area (Å²) in [7, 11) is 0. The number of amides is 1. The van der Waals surface area contributed by atoms with Crippen molar-refractivity contribution >= 4 is 5.91 Å². The van der Waals surface area contributed by atoms with E-state index in [0.717, 1.165) is 18.6 Å². The normalized spacial score (nSPS) is 20.9. The number of rotatable bonds is 3. The van der Waals surface area contributed by atoms with Crippen molar-refractivity contribution in [2.45, 2.75) is 50.7 Å². The molecule has 4 nitrogen and oxygen atoms in total. The molecule has 114 valence electrons. The van der Waals surface area contributed by atoms with Crippen molar-refractivity contribution < 1.29 is 9.53 Å². The number of hydrogen-bond acceptors (Lipinski definition) is 3. The molecule has 0 bridgehead atoms. The van der Waals surface area contributed by atoms with Gasteiger partial charge in [-0.15, -0.1) is 0 Å². The summed E-state index contributed by atoms with van der Waals surface area (Å²) < 4.78 is 6.09. The van der Waals surface area contributed by atoms with E-state index >= 15 is 0 Å². The zero-order valence-corrected chi connectivity index (χ0v) is 13.1. The van der Waals surface area contributed by atoms with Crippen LogP contribution in [0.3, 0.4) is 0 Å². The first-order valence-electron chi connectivity index (χ1n) is 7.64. The number of hydrogen-bond donors (Lipinski definition) is 1. The monoisotopic (exact) mass is 288 g/mol. The minimum absolute atomic E-state index is 0.0468. The molecule has 0 radical (unpaired) electrons. The van der Waals surface area contributed by atoms with E-state index in [-0.39, 0.29) is 17.4 Å². The maximum Gasteiger partial charge on any atom is 0.242 e. The number of carbonyl (C=O) groups is 1. The Balaban J connectivity index is 1.61. The number of carbonyl (C=O) groups excluding carboxylic acids is 1. The molecular weight excluding hydrogens is 264 g/mol. The lowest BCUT2D eigenvalue weighted by atomic mass is 9.86. The van der Waals surface area contributed by atoms with Gasteiger partial charge in [0.25, 0.3) is 0 Å². The summed E-state index contributed by atoms with van der Waals surface area (Å²) in [4.78, 5) is 13.9. The lowest BCUT2D eigenvalue weighted by Crippen LogP contribution is -2.60. The molecule has 1 aromatic rings. The molecule has 0 spiro atoms. The predicted molar refractivity (Wildman–Crippen MR) is 82.3 cm³/mol. The molecule has 2 fully saturated rings. The second-order valence-electron chi connectivity index (χ2n) is 7.35. The van der Waals surface area contributed by atoms with E-state index in [1.54, 1.807) is 0 Å². The third kappa shape index (κ3) is 2.77. The first kappa shape index (κ1) is 14.4. The summed E-state index contributed by atoms with van der Waals surface area (Å²) in [6, 6.07) is 8.15. The highest BCUT2D eigenvalue weighted by molar-refractivity contribution is 5.89. The van der Waals surface area contributed by atoms with Crippen LogP contribution in [-0.4, -0.2) is 35.5 Å². The van der Waals surface area contributed by atoms with Crippen LogP contribution in [0.2, 0.25) is 0 Å². The molecule has 3 rings (SSSR count). The quantitative estimate of drug-likeness (QED) is 0.926. The molecule has 2 aliphatic rings. The van der Waals surface area contributed by atoms with Gasteiger partial charge in [0.1, 0.15) is 11.9 Å². The van der Waals surface area contributed by atoms with Crippen molar-refractivity contribution in [2.24, 2.45) is 5.73 Å². The van der Waals surface area contributed by atoms with Crippen molar-refractivity contribution in [1.82, 2.24) is 4.90 Å². The van der Waals surface area contributed by atoms with Gasteiger partial charge in [-0.3, -0.25) is 4.79 Å². The summed E-state index contributed by atoms with van der Waals surface area (Å²) in [6.07, 6.45) is 1.72. The van der Waals surface area contributed by atoms with E-state index in [0.29, 0.717) is 13.1 Å². The van der Waals surface area contributed by atoms with Crippen LogP contribution >= 0.6 is 0 Å². The summed E-state index contributed by atoms with van der Waals surface area (Å²) in [5.41, 5.74) is 6.63. The summed E-state index contributed by atoms with van der Waals surface area (Å²) in [5, 5.41) is 0. The van der Waals surface area contributed by atoms with E-state index in [4.69, 9.17) is 10.5 Å². The van der Waals surface area contributed by atoms with Crippen molar-refractivity contribution in [1.29, 1.82) is 0 Å². The summed E-state index contributed by atoms with van der Waals surface area (Å²) in [5.74, 6) is 1.02. The zero-order valence-electron chi connectivity index (χ0n) is 13.1. The van der Waals surface area contributed by atoms with Gasteiger partial charge in [-0.2, -0.15) is 0 Å². The van der Waals surface area contributed by atoms with Crippen LogP contribution in [-0.2, 0) is 10.2 Å². The SMILES string of the molecule is CC(C)(C)c1ccccc1OC1CN(C(=O)C2(N)CC2)C1. The molecule has 0 atom stereocenters. The van der Waals surface area contributed by atoms with Crippen LogP contribution in [0.5, 0.6) is 5.75 Å². The Morgan fingerprint density at radius 1 is 1.29 bits per heavy atom. The second kappa shape index (κ2) is 4.73. The van der Waals surface area contributed by atoms with Gasteiger partial charge >= 0.3 is 0 Å². The van der Waals surface area contributed by atoms with Crippen molar-refractivity contribution in [3.8, 4) is 5.75 Å². The molecule has 1 aromatic carbocycles. The van der Waals surface area contributed by atoms with Crippen LogP contribution in [0.15, 0.2) is 24.3 Å². The van der Waals surface area contributed by atoms with Gasteiger partial charge in [0.15, 0.2) is 0 Å². The largest absolute Gasteiger partial charge is 0.486 e. The molecule has 1 aliphatic carbocycles. The highest BCUT2D eigenvalue weighted by Crippen LogP contribution is 2.36. The van der Waals surface area contributed by atoms with Gasteiger partial charge in [0.2, 0.25) is 5.91 Å². The van der Waals surface area contributed by atoms with Crippen molar-refractivity contribution in [3.05, 3.63) is 29.8 Å². The Bertz CT molecular complexity index is 552. The van der Waals surface area contributed by atoms with Crippen LogP contribution in [0, 0.1) is 0 Å². The lowest BCUT2D eigenvalue weighted by Gasteiger charge is -2.41. The van der Waals surface area contributed by atoms with E-state index in [1.807, 2.05) is 23.1 Å². The molecule has 4 heteroatoms. The van der Waals surface area contributed by atoms with Crippen LogP contribution in [0.1, 0.15) is 39.2 Å². The molecule has 1 amide bonds. The molecule has 1 saturated carbocycles. The molecule has 2 N–H and O–H groups in total. The van der Waals surface area contributed by atoms with Crippen LogP contribution < -0.4 is 10.5 Å². The van der Waals surface area contributed by atoms with E-state index in [2.05, 4.69) is 26.8 Å². The minimum Gasteiger partial charge on any atom is -0.486 e. The van der Waals surface area contributed by atoms with Gasteiger partial charge in [-0.25, -0.2) is 0 Å². The Kier molecular flexibility index (Phi) is 3.24. The molecule has 0 aromatic heterocycles. The minimum atomic E-state index is -0.561. The number of para-hydroxylation sites is 1. The Labute approximate surface area is 126 Å². The summed E-state index contributed by atoms with van der Waals surface area (Å²) >= 11 is 0. The first-order valence-corrected chi connectivity index (χ1v) is 7.64. The fourth-order valence-electron chi connectivity index (χ4n) is 2.71. The standard InChI is InChI=1S/C17H24N2O2/c1-16(2,3)13-6-4-5-7-14(13)21-12-10-19(11-12)15(20)17(18)8-9-17/h4-7,12H,8-11,18H2,1-3H3. The average molecular weight is 288 g/mol. The van der Waals surface area contributed by atoms with E-state index < -0.39 is 5.54 Å². The van der Waals surface area contributed by atoms with Gasteiger partial charge in [-0.1, -0.05) is 39.0 Å².